The van der Waals surface area contributed by atoms with Gasteiger partial charge in [0.15, 0.2) is 0 Å². The summed E-state index contributed by atoms with van der Waals surface area (Å²) in [5.41, 5.74) is 13.4. The van der Waals surface area contributed by atoms with Crippen molar-refractivity contribution < 1.29 is 4.74 Å². The normalized spacial score (nSPS) is 11.4. The van der Waals surface area contributed by atoms with Crippen LogP contribution in [0.25, 0.3) is 0 Å². The van der Waals surface area contributed by atoms with E-state index in [1.54, 1.807) is 7.11 Å². The Morgan fingerprint density at radius 1 is 1.23 bits per heavy atom. The van der Waals surface area contributed by atoms with Crippen molar-refractivity contribution in [2.45, 2.75) is 19.4 Å². The van der Waals surface area contributed by atoms with E-state index in [1.165, 1.54) is 0 Å². The number of halogens is 2. The fourth-order valence-electron chi connectivity index (χ4n) is 1.82. The maximum atomic E-state index is 5.90. The molecule has 0 amide bonds. The second kappa shape index (κ2) is 9.85. The summed E-state index contributed by atoms with van der Waals surface area (Å²) in [7, 11) is 1.60. The number of ether oxygens (including phenoxy) is 1. The van der Waals surface area contributed by atoms with E-state index in [4.69, 9.17) is 27.8 Å². The second-order valence-corrected chi connectivity index (χ2v) is 6.17. The van der Waals surface area contributed by atoms with Crippen molar-refractivity contribution in [2.24, 2.45) is 11.5 Å². The molecular formula is C17H22BrClN2O. The molecule has 2 rings (SSSR count). The van der Waals surface area contributed by atoms with Crippen LogP contribution in [0.4, 0.5) is 0 Å². The Labute approximate surface area is 145 Å². The summed E-state index contributed by atoms with van der Waals surface area (Å²) in [4.78, 5) is 0. The summed E-state index contributed by atoms with van der Waals surface area (Å²) in [6, 6.07) is 13.9. The highest BCUT2D eigenvalue weighted by atomic mass is 79.9. The van der Waals surface area contributed by atoms with E-state index >= 15 is 0 Å². The van der Waals surface area contributed by atoms with Crippen LogP contribution in [0.1, 0.15) is 24.1 Å². The molecule has 0 radical (unpaired) electrons. The number of rotatable bonds is 4. The Bertz CT molecular complexity index is 591. The van der Waals surface area contributed by atoms with Gasteiger partial charge in [0, 0.05) is 10.5 Å². The molecule has 0 fully saturated rings. The highest BCUT2D eigenvalue weighted by molar-refractivity contribution is 9.10. The summed E-state index contributed by atoms with van der Waals surface area (Å²) < 4.78 is 6.10. The predicted octanol–water partition coefficient (Wildman–Crippen LogP) is 4.32. The third-order valence-electron chi connectivity index (χ3n) is 3.02. The zero-order valence-electron chi connectivity index (χ0n) is 12.9. The standard InChI is InChI=1S/C9H12ClNO.C8H10BrN/c1-12-9-3-2-7(4-5-11)6-8(9)10;1-6(10)7-3-2-4-8(9)5-7/h2-3,6H,4-5,11H2,1H3;2-6H,10H2,1H3. The first-order valence-electron chi connectivity index (χ1n) is 7.01. The Morgan fingerprint density at radius 3 is 2.41 bits per heavy atom. The summed E-state index contributed by atoms with van der Waals surface area (Å²) in [6.07, 6.45) is 0.851. The van der Waals surface area contributed by atoms with E-state index in [0.29, 0.717) is 17.3 Å². The zero-order valence-corrected chi connectivity index (χ0v) is 15.2. The Morgan fingerprint density at radius 2 is 1.95 bits per heavy atom. The topological polar surface area (TPSA) is 61.3 Å². The van der Waals surface area contributed by atoms with Crippen LogP contribution in [0.15, 0.2) is 46.9 Å². The summed E-state index contributed by atoms with van der Waals surface area (Å²) in [5, 5.41) is 0.642. The lowest BCUT2D eigenvalue weighted by atomic mass is 10.1. The van der Waals surface area contributed by atoms with Crippen molar-refractivity contribution in [3.8, 4) is 5.75 Å². The summed E-state index contributed by atoms with van der Waals surface area (Å²) in [5.74, 6) is 0.706. The molecule has 3 nitrogen and oxygen atoms in total. The second-order valence-electron chi connectivity index (χ2n) is 4.85. The molecule has 2 aromatic carbocycles. The van der Waals surface area contributed by atoms with Gasteiger partial charge in [0.1, 0.15) is 5.75 Å². The fourth-order valence-corrected chi connectivity index (χ4v) is 2.52. The first-order chi connectivity index (χ1) is 10.5. The Balaban J connectivity index is 0.000000224. The van der Waals surface area contributed by atoms with Crippen molar-refractivity contribution in [1.82, 2.24) is 0 Å². The minimum absolute atomic E-state index is 0.123. The van der Waals surface area contributed by atoms with E-state index in [-0.39, 0.29) is 6.04 Å². The summed E-state index contributed by atoms with van der Waals surface area (Å²) >= 11 is 9.27. The fraction of sp³-hybridized carbons (Fsp3) is 0.294. The van der Waals surface area contributed by atoms with Crippen LogP contribution in [0.2, 0.25) is 5.02 Å². The minimum Gasteiger partial charge on any atom is -0.495 e. The molecule has 1 atom stereocenters. The lowest BCUT2D eigenvalue weighted by Gasteiger charge is -2.04. The third kappa shape index (κ3) is 6.36. The van der Waals surface area contributed by atoms with Gasteiger partial charge in [-0.3, -0.25) is 0 Å². The van der Waals surface area contributed by atoms with Crippen LogP contribution < -0.4 is 16.2 Å². The molecule has 0 aliphatic rings. The average Bonchev–Trinajstić information content (AvgIpc) is 2.48. The van der Waals surface area contributed by atoms with Gasteiger partial charge in [-0.2, -0.15) is 0 Å². The molecule has 0 heterocycles. The molecule has 120 valence electrons. The maximum Gasteiger partial charge on any atom is 0.137 e. The van der Waals surface area contributed by atoms with Crippen LogP contribution >= 0.6 is 27.5 Å². The molecule has 0 saturated heterocycles. The lowest BCUT2D eigenvalue weighted by molar-refractivity contribution is 0.415. The molecule has 22 heavy (non-hydrogen) atoms. The molecule has 0 saturated carbocycles. The van der Waals surface area contributed by atoms with Gasteiger partial charge >= 0.3 is 0 Å². The number of benzene rings is 2. The molecule has 1 unspecified atom stereocenters. The molecule has 0 aromatic heterocycles. The Kier molecular flexibility index (Phi) is 8.49. The van der Waals surface area contributed by atoms with Gasteiger partial charge in [-0.25, -0.2) is 0 Å². The molecule has 0 bridgehead atoms. The number of nitrogens with two attached hydrogens (primary N) is 2. The predicted molar refractivity (Wildman–Crippen MR) is 97.5 cm³/mol. The van der Waals surface area contributed by atoms with E-state index < -0.39 is 0 Å². The quantitative estimate of drug-likeness (QED) is 0.824. The molecule has 0 aliphatic heterocycles. The maximum absolute atomic E-state index is 5.90. The van der Waals surface area contributed by atoms with Gasteiger partial charge in [0.25, 0.3) is 0 Å². The monoisotopic (exact) mass is 384 g/mol. The van der Waals surface area contributed by atoms with E-state index in [0.717, 1.165) is 22.0 Å². The van der Waals surface area contributed by atoms with Crippen LogP contribution in [0.5, 0.6) is 5.75 Å². The van der Waals surface area contributed by atoms with Crippen LogP contribution in [-0.2, 0) is 6.42 Å². The van der Waals surface area contributed by atoms with Crippen molar-refractivity contribution in [1.29, 1.82) is 0 Å². The first kappa shape index (κ1) is 19.0. The van der Waals surface area contributed by atoms with Gasteiger partial charge < -0.3 is 16.2 Å². The van der Waals surface area contributed by atoms with Crippen LogP contribution in [0.3, 0.4) is 0 Å². The molecule has 0 aliphatic carbocycles. The van der Waals surface area contributed by atoms with Crippen molar-refractivity contribution in [2.75, 3.05) is 13.7 Å². The van der Waals surface area contributed by atoms with Crippen molar-refractivity contribution in [3.63, 3.8) is 0 Å². The van der Waals surface area contributed by atoms with Gasteiger partial charge in [-0.15, -0.1) is 0 Å². The molecular weight excluding hydrogens is 364 g/mol. The van der Waals surface area contributed by atoms with Crippen LogP contribution in [-0.4, -0.2) is 13.7 Å². The van der Waals surface area contributed by atoms with Gasteiger partial charge in [0.2, 0.25) is 0 Å². The Hall–Kier alpha value is -1.07. The number of hydrogen-bond acceptors (Lipinski definition) is 3. The van der Waals surface area contributed by atoms with Crippen molar-refractivity contribution in [3.05, 3.63) is 63.1 Å². The SMILES string of the molecule is CC(N)c1cccc(Br)c1.COc1ccc(CCN)cc1Cl. The minimum atomic E-state index is 0.123. The third-order valence-corrected chi connectivity index (χ3v) is 3.81. The number of hydrogen-bond donors (Lipinski definition) is 2. The van der Waals surface area contributed by atoms with E-state index in [9.17, 15) is 0 Å². The van der Waals surface area contributed by atoms with Gasteiger partial charge in [-0.05, 0) is 55.3 Å². The molecule has 5 heteroatoms. The van der Waals surface area contributed by atoms with Crippen LogP contribution in [0, 0.1) is 0 Å². The lowest BCUT2D eigenvalue weighted by Crippen LogP contribution is -2.04. The smallest absolute Gasteiger partial charge is 0.137 e. The highest BCUT2D eigenvalue weighted by Crippen LogP contribution is 2.24. The summed E-state index contributed by atoms with van der Waals surface area (Å²) in [6.45, 7) is 2.62. The van der Waals surface area contributed by atoms with Gasteiger partial charge in [0.05, 0.1) is 12.1 Å². The molecule has 0 spiro atoms. The van der Waals surface area contributed by atoms with E-state index in [1.807, 2.05) is 49.4 Å². The number of methoxy groups -OCH3 is 1. The van der Waals surface area contributed by atoms with Crippen molar-refractivity contribution >= 4 is 27.5 Å². The average molecular weight is 386 g/mol. The first-order valence-corrected chi connectivity index (χ1v) is 8.18. The molecule has 2 aromatic rings. The highest BCUT2D eigenvalue weighted by Gasteiger charge is 2.00. The zero-order chi connectivity index (χ0) is 16.5. The van der Waals surface area contributed by atoms with Gasteiger partial charge in [-0.1, -0.05) is 45.7 Å². The largest absolute Gasteiger partial charge is 0.495 e. The van der Waals surface area contributed by atoms with E-state index in [2.05, 4.69) is 15.9 Å². The molecule has 4 N–H and O–H groups in total.